The number of carbonyl (C=O) groups is 3. The van der Waals surface area contributed by atoms with Crippen molar-refractivity contribution in [3.63, 3.8) is 0 Å². The number of hydrogen-bond acceptors (Lipinski definition) is 6. The van der Waals surface area contributed by atoms with E-state index in [1.165, 1.54) is 28.3 Å². The van der Waals surface area contributed by atoms with Gasteiger partial charge in [-0.15, -0.1) is 11.3 Å². The highest BCUT2D eigenvalue weighted by atomic mass is 32.1. The van der Waals surface area contributed by atoms with Gasteiger partial charge in [0.15, 0.2) is 5.69 Å². The van der Waals surface area contributed by atoms with Gasteiger partial charge in [-0.25, -0.2) is 9.59 Å². The number of carbonyl (C=O) groups excluding carboxylic acids is 2. The molecule has 0 radical (unpaired) electrons. The summed E-state index contributed by atoms with van der Waals surface area (Å²) in [5.74, 6) is -2.06. The molecule has 2 rings (SSSR count). The number of nitrogens with one attached hydrogen (secondary N) is 1. The van der Waals surface area contributed by atoms with Gasteiger partial charge in [0, 0.05) is 11.1 Å². The lowest BCUT2D eigenvalue weighted by Crippen LogP contribution is -2.20. The Balaban J connectivity index is 2.11. The standard InChI is InChI=1S/C15H17N3O5S/c1-3-9-7-10(15(22)23-4-2)13(24-9)16-12(19)8-18-6-5-11(17-18)14(20)21/h5-7H,3-4,8H2,1-2H3,(H,16,19)(H,20,21). The predicted molar refractivity (Wildman–Crippen MR) is 87.5 cm³/mol. The highest BCUT2D eigenvalue weighted by molar-refractivity contribution is 7.16. The summed E-state index contributed by atoms with van der Waals surface area (Å²) in [5, 5.41) is 15.7. The fourth-order valence-electron chi connectivity index (χ4n) is 1.95. The Morgan fingerprint density at radius 3 is 2.71 bits per heavy atom. The van der Waals surface area contributed by atoms with Crippen molar-refractivity contribution in [1.82, 2.24) is 9.78 Å². The Labute approximate surface area is 142 Å². The SMILES string of the molecule is CCOC(=O)c1cc(CC)sc1NC(=O)Cn1ccc(C(=O)O)n1. The van der Waals surface area contributed by atoms with E-state index < -0.39 is 17.8 Å². The number of rotatable bonds is 7. The zero-order valence-corrected chi connectivity index (χ0v) is 14.1. The lowest BCUT2D eigenvalue weighted by Gasteiger charge is -2.06. The first kappa shape index (κ1) is 17.7. The molecular weight excluding hydrogens is 334 g/mol. The molecule has 0 aliphatic rings. The van der Waals surface area contributed by atoms with E-state index in [4.69, 9.17) is 9.84 Å². The van der Waals surface area contributed by atoms with Gasteiger partial charge in [-0.05, 0) is 25.5 Å². The summed E-state index contributed by atoms with van der Waals surface area (Å²) in [5.41, 5.74) is 0.179. The van der Waals surface area contributed by atoms with Crippen LogP contribution in [0.3, 0.4) is 0 Å². The van der Waals surface area contributed by atoms with Crippen LogP contribution in [0.5, 0.6) is 0 Å². The Bertz CT molecular complexity index is 765. The Morgan fingerprint density at radius 2 is 2.12 bits per heavy atom. The molecule has 2 aromatic rings. The number of amides is 1. The Hall–Kier alpha value is -2.68. The van der Waals surface area contributed by atoms with Crippen LogP contribution in [0.1, 0.15) is 39.6 Å². The van der Waals surface area contributed by atoms with Crippen molar-refractivity contribution in [2.45, 2.75) is 26.8 Å². The Morgan fingerprint density at radius 1 is 1.38 bits per heavy atom. The molecule has 2 aromatic heterocycles. The van der Waals surface area contributed by atoms with E-state index in [0.717, 1.165) is 11.3 Å². The van der Waals surface area contributed by atoms with Crippen LogP contribution in [0.2, 0.25) is 0 Å². The van der Waals surface area contributed by atoms with Crippen molar-refractivity contribution in [3.8, 4) is 0 Å². The van der Waals surface area contributed by atoms with Crippen molar-refractivity contribution in [2.75, 3.05) is 11.9 Å². The molecular formula is C15H17N3O5S. The number of carboxylic acid groups (broad SMARTS) is 1. The molecule has 0 atom stereocenters. The van der Waals surface area contributed by atoms with E-state index in [0.29, 0.717) is 10.6 Å². The van der Waals surface area contributed by atoms with Crippen molar-refractivity contribution in [3.05, 3.63) is 34.5 Å². The number of aryl methyl sites for hydroxylation is 1. The normalized spacial score (nSPS) is 10.4. The second-order valence-electron chi connectivity index (χ2n) is 4.78. The second kappa shape index (κ2) is 7.73. The number of thiophene rings is 1. The van der Waals surface area contributed by atoms with Gasteiger partial charge in [0.25, 0.3) is 0 Å². The predicted octanol–water partition coefficient (Wildman–Crippen LogP) is 2.02. The maximum absolute atomic E-state index is 12.1. The molecule has 1 amide bonds. The first-order chi connectivity index (χ1) is 11.4. The molecule has 0 fully saturated rings. The van der Waals surface area contributed by atoms with Crippen LogP contribution >= 0.6 is 11.3 Å². The smallest absolute Gasteiger partial charge is 0.356 e. The highest BCUT2D eigenvalue weighted by Crippen LogP contribution is 2.29. The second-order valence-corrected chi connectivity index (χ2v) is 5.92. The number of ether oxygens (including phenoxy) is 1. The van der Waals surface area contributed by atoms with Gasteiger partial charge in [0.1, 0.15) is 11.5 Å². The topological polar surface area (TPSA) is 111 Å². The van der Waals surface area contributed by atoms with Gasteiger partial charge in [0.05, 0.1) is 12.2 Å². The van der Waals surface area contributed by atoms with Crippen LogP contribution in [0, 0.1) is 0 Å². The lowest BCUT2D eigenvalue weighted by molar-refractivity contribution is -0.116. The fraction of sp³-hybridized carbons (Fsp3) is 0.333. The number of aromatic nitrogens is 2. The number of hydrogen-bond donors (Lipinski definition) is 2. The summed E-state index contributed by atoms with van der Waals surface area (Å²) in [6, 6.07) is 3.01. The fourth-order valence-corrected chi connectivity index (χ4v) is 2.95. The summed E-state index contributed by atoms with van der Waals surface area (Å²) >= 11 is 1.31. The molecule has 0 saturated heterocycles. The number of esters is 1. The third kappa shape index (κ3) is 4.19. The Kier molecular flexibility index (Phi) is 5.69. The molecule has 24 heavy (non-hydrogen) atoms. The first-order valence-corrected chi connectivity index (χ1v) is 8.12. The molecule has 2 N–H and O–H groups in total. The molecule has 0 unspecified atom stereocenters. The maximum atomic E-state index is 12.1. The minimum absolute atomic E-state index is 0.139. The molecule has 0 saturated carbocycles. The number of anilines is 1. The van der Waals surface area contributed by atoms with Gasteiger partial charge in [0.2, 0.25) is 5.91 Å². The summed E-state index contributed by atoms with van der Waals surface area (Å²) in [6.07, 6.45) is 2.13. The van der Waals surface area contributed by atoms with Crippen molar-refractivity contribution in [1.29, 1.82) is 0 Å². The monoisotopic (exact) mass is 351 g/mol. The lowest BCUT2D eigenvalue weighted by atomic mass is 10.2. The zero-order chi connectivity index (χ0) is 17.7. The van der Waals surface area contributed by atoms with Crippen molar-refractivity contribution >= 4 is 34.2 Å². The summed E-state index contributed by atoms with van der Waals surface area (Å²) in [4.78, 5) is 35.8. The summed E-state index contributed by atoms with van der Waals surface area (Å²) in [6.45, 7) is 3.74. The van der Waals surface area contributed by atoms with E-state index in [2.05, 4.69) is 10.4 Å². The third-order valence-corrected chi connectivity index (χ3v) is 4.24. The van der Waals surface area contributed by atoms with Gasteiger partial charge >= 0.3 is 11.9 Å². The van der Waals surface area contributed by atoms with Crippen LogP contribution in [0.15, 0.2) is 18.3 Å². The summed E-state index contributed by atoms with van der Waals surface area (Å²) < 4.78 is 6.21. The largest absolute Gasteiger partial charge is 0.476 e. The van der Waals surface area contributed by atoms with Crippen molar-refractivity contribution in [2.24, 2.45) is 0 Å². The summed E-state index contributed by atoms with van der Waals surface area (Å²) in [7, 11) is 0. The number of nitrogens with zero attached hydrogens (tertiary/aromatic N) is 2. The zero-order valence-electron chi connectivity index (χ0n) is 13.2. The van der Waals surface area contributed by atoms with Gasteiger partial charge < -0.3 is 15.2 Å². The maximum Gasteiger partial charge on any atom is 0.356 e. The third-order valence-electron chi connectivity index (χ3n) is 3.05. The van der Waals surface area contributed by atoms with Crippen LogP contribution < -0.4 is 5.32 Å². The molecule has 0 aliphatic heterocycles. The van der Waals surface area contributed by atoms with Crippen LogP contribution in [-0.2, 0) is 22.5 Å². The highest BCUT2D eigenvalue weighted by Gasteiger charge is 2.19. The molecule has 2 heterocycles. The van der Waals surface area contributed by atoms with Crippen LogP contribution in [0.25, 0.3) is 0 Å². The molecule has 8 nitrogen and oxygen atoms in total. The van der Waals surface area contributed by atoms with Gasteiger partial charge in [-0.1, -0.05) is 6.92 Å². The van der Waals surface area contributed by atoms with Crippen LogP contribution in [-0.4, -0.2) is 39.3 Å². The molecule has 128 valence electrons. The molecule has 0 aromatic carbocycles. The van der Waals surface area contributed by atoms with E-state index in [1.807, 2.05) is 6.92 Å². The first-order valence-electron chi connectivity index (χ1n) is 7.31. The average molecular weight is 351 g/mol. The van der Waals surface area contributed by atoms with Crippen LogP contribution in [0.4, 0.5) is 5.00 Å². The molecule has 0 aliphatic carbocycles. The minimum atomic E-state index is -1.16. The minimum Gasteiger partial charge on any atom is -0.476 e. The van der Waals surface area contributed by atoms with Crippen molar-refractivity contribution < 1.29 is 24.2 Å². The average Bonchev–Trinajstić information content (AvgIpc) is 3.14. The van der Waals surface area contributed by atoms with E-state index >= 15 is 0 Å². The van der Waals surface area contributed by atoms with E-state index in [-0.39, 0.29) is 18.8 Å². The molecule has 9 heteroatoms. The van der Waals surface area contributed by atoms with E-state index in [1.54, 1.807) is 13.0 Å². The van der Waals surface area contributed by atoms with Gasteiger partial charge in [-0.2, -0.15) is 5.10 Å². The molecule has 0 bridgehead atoms. The molecule has 0 spiro atoms. The number of aromatic carboxylic acids is 1. The quantitative estimate of drug-likeness (QED) is 0.738. The van der Waals surface area contributed by atoms with Gasteiger partial charge in [-0.3, -0.25) is 9.48 Å². The number of carboxylic acids is 1. The van der Waals surface area contributed by atoms with E-state index in [9.17, 15) is 14.4 Å².